The van der Waals surface area contributed by atoms with Crippen LogP contribution in [0.5, 0.6) is 11.5 Å². The minimum Gasteiger partial charge on any atom is -0.504 e. The number of rotatable bonds is 14. The Morgan fingerprint density at radius 3 is 2.44 bits per heavy atom. The minimum absolute atomic E-state index is 0.00221. The number of hydrogen-bond acceptors (Lipinski definition) is 12. The van der Waals surface area contributed by atoms with Crippen LogP contribution in [0.4, 0.5) is 0 Å². The number of hydrogen-bond donors (Lipinski definition) is 6. The molecule has 0 aromatic heterocycles. The predicted molar refractivity (Wildman–Crippen MR) is 155 cm³/mol. The van der Waals surface area contributed by atoms with Gasteiger partial charge in [0.2, 0.25) is 0 Å². The summed E-state index contributed by atoms with van der Waals surface area (Å²) in [4.78, 5) is 25.5. The van der Waals surface area contributed by atoms with E-state index in [1.54, 1.807) is 25.1 Å². The Labute approximate surface area is 250 Å². The summed E-state index contributed by atoms with van der Waals surface area (Å²) in [6.45, 7) is 2.91. The second-order valence-electron chi connectivity index (χ2n) is 10.4. The lowest BCUT2D eigenvalue weighted by Gasteiger charge is -2.41. The molecule has 2 aromatic rings. The molecule has 6 atom stereocenters. The first-order valence-electron chi connectivity index (χ1n) is 14.1. The SMILES string of the molecule is COc1cc(C=C(CCc2cccc(CCO)c2)C(=O)OC2C(O)OC(CNCC(C)O)C(O)C2OC(C)=O)ccc1O. The molecule has 6 N–H and O–H groups in total. The fourth-order valence-corrected chi connectivity index (χ4v) is 4.73. The molecule has 1 aliphatic rings. The summed E-state index contributed by atoms with van der Waals surface area (Å²) in [5.74, 6) is -1.49. The zero-order chi connectivity index (χ0) is 31.5. The van der Waals surface area contributed by atoms with Gasteiger partial charge in [0.15, 0.2) is 30.0 Å². The number of aliphatic hydroxyl groups excluding tert-OH is 4. The molecule has 12 heteroatoms. The molecule has 0 aliphatic carbocycles. The van der Waals surface area contributed by atoms with Crippen LogP contribution in [0.25, 0.3) is 6.08 Å². The lowest BCUT2D eigenvalue weighted by molar-refractivity contribution is -0.287. The number of aryl methyl sites for hydroxylation is 1. The number of aromatic hydroxyl groups is 1. The number of esters is 2. The van der Waals surface area contributed by atoms with Gasteiger partial charge in [-0.15, -0.1) is 0 Å². The third-order valence-corrected chi connectivity index (χ3v) is 6.85. The molecule has 0 amide bonds. The highest BCUT2D eigenvalue weighted by Gasteiger charge is 2.49. The van der Waals surface area contributed by atoms with Gasteiger partial charge in [-0.3, -0.25) is 4.79 Å². The van der Waals surface area contributed by atoms with E-state index in [-0.39, 0.29) is 43.2 Å². The lowest BCUT2D eigenvalue weighted by Crippen LogP contribution is -2.62. The molecule has 1 fully saturated rings. The van der Waals surface area contributed by atoms with Crippen molar-refractivity contribution in [2.24, 2.45) is 0 Å². The van der Waals surface area contributed by atoms with Gasteiger partial charge in [-0.1, -0.05) is 30.3 Å². The molecule has 1 saturated heterocycles. The van der Waals surface area contributed by atoms with E-state index in [1.807, 2.05) is 24.3 Å². The number of benzene rings is 2. The Balaban J connectivity index is 1.87. The van der Waals surface area contributed by atoms with Crippen molar-refractivity contribution in [3.63, 3.8) is 0 Å². The van der Waals surface area contributed by atoms with Crippen LogP contribution >= 0.6 is 0 Å². The molecule has 0 bridgehead atoms. The number of carbonyl (C=O) groups excluding carboxylic acids is 2. The number of methoxy groups -OCH3 is 1. The Bertz CT molecular complexity index is 1250. The van der Waals surface area contributed by atoms with E-state index in [1.165, 1.54) is 13.2 Å². The topological polar surface area (TPSA) is 184 Å². The molecule has 2 aromatic carbocycles. The molecule has 43 heavy (non-hydrogen) atoms. The molecule has 0 radical (unpaired) electrons. The monoisotopic (exact) mass is 603 g/mol. The standard InChI is InChI=1S/C31H41NO11/c1-18(34)16-32-17-26-27(37)28(41-19(2)35)29(31(39)42-26)43-30(38)23(14-22-8-10-24(36)25(15-22)40-3)9-7-20-5-4-6-21(13-20)11-12-33/h4-6,8,10,13-15,18,26-29,31-34,36-37,39H,7,9,11-12,16-17H2,1-3H3. The molecule has 3 rings (SSSR count). The number of nitrogens with one attached hydrogen (secondary N) is 1. The van der Waals surface area contributed by atoms with Gasteiger partial charge in [-0.05, 0) is 61.1 Å². The Morgan fingerprint density at radius 2 is 1.79 bits per heavy atom. The average Bonchev–Trinajstić information content (AvgIpc) is 2.96. The fourth-order valence-electron chi connectivity index (χ4n) is 4.73. The second-order valence-corrected chi connectivity index (χ2v) is 10.4. The van der Waals surface area contributed by atoms with Crippen LogP contribution in [0.15, 0.2) is 48.0 Å². The van der Waals surface area contributed by atoms with Crippen molar-refractivity contribution < 1.29 is 54.1 Å². The highest BCUT2D eigenvalue weighted by molar-refractivity contribution is 5.94. The molecule has 0 spiro atoms. The van der Waals surface area contributed by atoms with E-state index in [2.05, 4.69) is 5.32 Å². The third kappa shape index (κ3) is 10.0. The van der Waals surface area contributed by atoms with Crippen LogP contribution in [0.3, 0.4) is 0 Å². The molecule has 1 aliphatic heterocycles. The van der Waals surface area contributed by atoms with E-state index < -0.39 is 48.7 Å². The van der Waals surface area contributed by atoms with Crippen molar-refractivity contribution in [2.75, 3.05) is 26.8 Å². The zero-order valence-corrected chi connectivity index (χ0v) is 24.5. The molecule has 12 nitrogen and oxygen atoms in total. The first-order valence-corrected chi connectivity index (χ1v) is 14.1. The zero-order valence-electron chi connectivity index (χ0n) is 24.5. The first kappa shape index (κ1) is 34.0. The Hall–Kier alpha value is -3.52. The lowest BCUT2D eigenvalue weighted by atomic mass is 9.97. The number of aliphatic hydroxyl groups is 4. The van der Waals surface area contributed by atoms with Gasteiger partial charge in [-0.2, -0.15) is 0 Å². The van der Waals surface area contributed by atoms with Gasteiger partial charge in [0.25, 0.3) is 0 Å². The van der Waals surface area contributed by atoms with Gasteiger partial charge < -0.3 is 49.8 Å². The van der Waals surface area contributed by atoms with Gasteiger partial charge >= 0.3 is 11.9 Å². The molecular formula is C31H41NO11. The normalized spacial score (nSPS) is 23.0. The molecule has 0 saturated carbocycles. The number of phenols is 1. The van der Waals surface area contributed by atoms with E-state index >= 15 is 0 Å². The molecule has 6 unspecified atom stereocenters. The van der Waals surface area contributed by atoms with Crippen molar-refractivity contribution in [3.05, 3.63) is 64.7 Å². The van der Waals surface area contributed by atoms with E-state index in [9.17, 15) is 35.1 Å². The summed E-state index contributed by atoms with van der Waals surface area (Å²) in [6, 6.07) is 12.1. The number of ether oxygens (including phenoxy) is 4. The highest BCUT2D eigenvalue weighted by Crippen LogP contribution is 2.29. The molecule has 1 heterocycles. The van der Waals surface area contributed by atoms with E-state index in [0.717, 1.165) is 18.1 Å². The first-order chi connectivity index (χ1) is 20.5. The van der Waals surface area contributed by atoms with Crippen LogP contribution in [-0.4, -0.2) is 101 Å². The Morgan fingerprint density at radius 1 is 1.07 bits per heavy atom. The molecule has 236 valence electrons. The van der Waals surface area contributed by atoms with Gasteiger partial charge in [0, 0.05) is 32.2 Å². The van der Waals surface area contributed by atoms with E-state index in [0.29, 0.717) is 18.4 Å². The summed E-state index contributed by atoms with van der Waals surface area (Å²) < 4.78 is 21.6. The van der Waals surface area contributed by atoms with Crippen LogP contribution in [0.2, 0.25) is 0 Å². The summed E-state index contributed by atoms with van der Waals surface area (Å²) in [5, 5.41) is 53.4. The van der Waals surface area contributed by atoms with E-state index in [4.69, 9.17) is 18.9 Å². The van der Waals surface area contributed by atoms with Crippen LogP contribution < -0.4 is 10.1 Å². The summed E-state index contributed by atoms with van der Waals surface area (Å²) >= 11 is 0. The maximum absolute atomic E-state index is 13.6. The van der Waals surface area contributed by atoms with Crippen LogP contribution in [0, 0.1) is 0 Å². The Kier molecular flexibility index (Phi) is 12.9. The average molecular weight is 604 g/mol. The summed E-state index contributed by atoms with van der Waals surface area (Å²) in [6.07, 6.45) is -5.22. The van der Waals surface area contributed by atoms with Gasteiger partial charge in [0.05, 0.1) is 13.2 Å². The van der Waals surface area contributed by atoms with Crippen LogP contribution in [0.1, 0.15) is 37.0 Å². The van der Waals surface area contributed by atoms with Gasteiger partial charge in [-0.25, -0.2) is 4.79 Å². The van der Waals surface area contributed by atoms with Crippen molar-refractivity contribution in [3.8, 4) is 11.5 Å². The number of phenolic OH excluding ortho intramolecular Hbond substituents is 1. The van der Waals surface area contributed by atoms with Crippen molar-refractivity contribution in [1.82, 2.24) is 5.32 Å². The maximum atomic E-state index is 13.6. The third-order valence-electron chi connectivity index (χ3n) is 6.85. The predicted octanol–water partition coefficient (Wildman–Crippen LogP) is 0.844. The van der Waals surface area contributed by atoms with Crippen molar-refractivity contribution in [2.45, 2.75) is 69.9 Å². The quantitative estimate of drug-likeness (QED) is 0.132. The smallest absolute Gasteiger partial charge is 0.334 e. The van der Waals surface area contributed by atoms with Crippen LogP contribution in [-0.2, 0) is 36.6 Å². The largest absolute Gasteiger partial charge is 0.504 e. The summed E-state index contributed by atoms with van der Waals surface area (Å²) in [7, 11) is 1.40. The van der Waals surface area contributed by atoms with Crippen molar-refractivity contribution >= 4 is 18.0 Å². The fraction of sp³-hybridized carbons (Fsp3) is 0.484. The summed E-state index contributed by atoms with van der Waals surface area (Å²) in [5.41, 5.74) is 2.56. The maximum Gasteiger partial charge on any atom is 0.334 e. The second kappa shape index (κ2) is 16.4. The molecular weight excluding hydrogens is 562 g/mol. The van der Waals surface area contributed by atoms with Gasteiger partial charge in [0.1, 0.15) is 12.2 Å². The highest BCUT2D eigenvalue weighted by atomic mass is 16.7. The minimum atomic E-state index is -1.74. The van der Waals surface area contributed by atoms with Crippen molar-refractivity contribution in [1.29, 1.82) is 0 Å². The number of carbonyl (C=O) groups is 2.